The minimum absolute atomic E-state index is 0.164. The Balaban J connectivity index is 2.40. The van der Waals surface area contributed by atoms with Crippen molar-refractivity contribution in [2.45, 2.75) is 52.1 Å². The maximum absolute atomic E-state index is 6.46. The van der Waals surface area contributed by atoms with Crippen molar-refractivity contribution >= 4 is 28.9 Å². The molecule has 0 radical (unpaired) electrons. The Labute approximate surface area is 138 Å². The molecule has 1 aromatic carbocycles. The fraction of sp³-hybridized carbons (Fsp3) is 0.647. The third-order valence-corrected chi connectivity index (χ3v) is 5.45. The van der Waals surface area contributed by atoms with Crippen LogP contribution in [0.25, 0.3) is 0 Å². The second-order valence-corrected chi connectivity index (χ2v) is 7.25. The lowest BCUT2D eigenvalue weighted by atomic mass is 9.86. The predicted molar refractivity (Wildman–Crippen MR) is 93.7 cm³/mol. The highest BCUT2D eigenvalue weighted by atomic mass is 35.5. The van der Waals surface area contributed by atoms with Crippen LogP contribution < -0.4 is 10.2 Å². The maximum Gasteiger partial charge on any atom is 0.0640 e. The molecule has 1 aliphatic rings. The van der Waals surface area contributed by atoms with E-state index in [0.29, 0.717) is 12.0 Å². The molecule has 1 atom stereocenters. The van der Waals surface area contributed by atoms with Crippen molar-refractivity contribution in [1.29, 1.82) is 0 Å². The number of piperazine rings is 1. The number of anilines is 1. The molecule has 0 spiro atoms. The van der Waals surface area contributed by atoms with Gasteiger partial charge in [0, 0.05) is 29.7 Å². The molecule has 1 saturated heterocycles. The van der Waals surface area contributed by atoms with Gasteiger partial charge in [0.05, 0.1) is 10.7 Å². The molecule has 1 fully saturated rings. The zero-order chi connectivity index (χ0) is 15.6. The number of nitrogens with one attached hydrogen (secondary N) is 1. The molecule has 0 aromatic heterocycles. The fourth-order valence-corrected chi connectivity index (χ4v) is 3.61. The molecule has 0 bridgehead atoms. The van der Waals surface area contributed by atoms with Crippen LogP contribution in [0.3, 0.4) is 0 Å². The molecule has 2 rings (SSSR count). The van der Waals surface area contributed by atoms with Gasteiger partial charge in [0.2, 0.25) is 0 Å². The average molecular weight is 329 g/mol. The minimum Gasteiger partial charge on any atom is -0.364 e. The third kappa shape index (κ3) is 3.49. The van der Waals surface area contributed by atoms with Crippen molar-refractivity contribution in [3.63, 3.8) is 0 Å². The lowest BCUT2D eigenvalue weighted by Gasteiger charge is -2.50. The maximum atomic E-state index is 6.46. The highest BCUT2D eigenvalue weighted by molar-refractivity contribution is 6.35. The molecule has 1 N–H and O–H groups in total. The Bertz CT molecular complexity index is 484. The van der Waals surface area contributed by atoms with Crippen molar-refractivity contribution in [3.8, 4) is 0 Å². The molecule has 1 aliphatic heterocycles. The summed E-state index contributed by atoms with van der Waals surface area (Å²) in [4.78, 5) is 2.46. The number of benzene rings is 1. The van der Waals surface area contributed by atoms with Crippen LogP contribution in [0.5, 0.6) is 0 Å². The van der Waals surface area contributed by atoms with E-state index in [-0.39, 0.29) is 5.54 Å². The second-order valence-electron chi connectivity index (χ2n) is 6.40. The van der Waals surface area contributed by atoms with E-state index < -0.39 is 0 Å². The lowest BCUT2D eigenvalue weighted by molar-refractivity contribution is 0.227. The number of hydrogen-bond acceptors (Lipinski definition) is 2. The van der Waals surface area contributed by atoms with Crippen LogP contribution in [0.4, 0.5) is 5.69 Å². The van der Waals surface area contributed by atoms with Gasteiger partial charge < -0.3 is 10.2 Å². The summed E-state index contributed by atoms with van der Waals surface area (Å²) in [6.45, 7) is 11.0. The summed E-state index contributed by atoms with van der Waals surface area (Å²) < 4.78 is 0. The van der Waals surface area contributed by atoms with E-state index in [0.717, 1.165) is 41.7 Å². The molecule has 2 nitrogen and oxygen atoms in total. The summed E-state index contributed by atoms with van der Waals surface area (Å²) in [5.41, 5.74) is 1.23. The lowest BCUT2D eigenvalue weighted by Crippen LogP contribution is -2.65. The number of hydrogen-bond donors (Lipinski definition) is 1. The summed E-state index contributed by atoms with van der Waals surface area (Å²) in [6.07, 6.45) is 2.23. The van der Waals surface area contributed by atoms with Crippen molar-refractivity contribution in [3.05, 3.63) is 28.2 Å². The molecule has 0 amide bonds. The van der Waals surface area contributed by atoms with E-state index in [4.69, 9.17) is 23.2 Å². The summed E-state index contributed by atoms with van der Waals surface area (Å²) in [5.74, 6) is 0.555. The average Bonchev–Trinajstić information content (AvgIpc) is 2.49. The van der Waals surface area contributed by atoms with Gasteiger partial charge in [-0.3, -0.25) is 0 Å². The minimum atomic E-state index is 0.164. The van der Waals surface area contributed by atoms with Crippen molar-refractivity contribution in [2.75, 3.05) is 18.0 Å². The summed E-state index contributed by atoms with van der Waals surface area (Å²) in [6, 6.07) is 6.19. The Morgan fingerprint density at radius 1 is 1.29 bits per heavy atom. The first-order valence-electron chi connectivity index (χ1n) is 7.89. The van der Waals surface area contributed by atoms with E-state index in [2.05, 4.69) is 37.9 Å². The van der Waals surface area contributed by atoms with Crippen molar-refractivity contribution < 1.29 is 0 Å². The number of nitrogens with zero attached hydrogens (tertiary/aromatic N) is 1. The predicted octanol–water partition coefficient (Wildman–Crippen LogP) is 4.99. The highest BCUT2D eigenvalue weighted by Crippen LogP contribution is 2.35. The van der Waals surface area contributed by atoms with Crippen LogP contribution in [0.1, 0.15) is 40.5 Å². The molecule has 1 heterocycles. The number of halogens is 2. The Morgan fingerprint density at radius 3 is 2.52 bits per heavy atom. The molecule has 1 unspecified atom stereocenters. The van der Waals surface area contributed by atoms with Gasteiger partial charge in [0.25, 0.3) is 0 Å². The summed E-state index contributed by atoms with van der Waals surface area (Å²) in [7, 11) is 0. The first-order valence-corrected chi connectivity index (χ1v) is 8.64. The normalized spacial score (nSPS) is 21.9. The molecule has 0 saturated carbocycles. The Morgan fingerprint density at radius 2 is 1.95 bits per heavy atom. The molecule has 21 heavy (non-hydrogen) atoms. The zero-order valence-electron chi connectivity index (χ0n) is 13.4. The summed E-state index contributed by atoms with van der Waals surface area (Å²) >= 11 is 12.7. The van der Waals surface area contributed by atoms with Gasteiger partial charge in [0.15, 0.2) is 0 Å². The van der Waals surface area contributed by atoms with Crippen LogP contribution in [0.2, 0.25) is 10.0 Å². The van der Waals surface area contributed by atoms with E-state index in [1.807, 2.05) is 18.2 Å². The summed E-state index contributed by atoms with van der Waals surface area (Å²) in [5, 5.41) is 5.31. The smallest absolute Gasteiger partial charge is 0.0640 e. The van der Waals surface area contributed by atoms with E-state index in [9.17, 15) is 0 Å². The SMILES string of the molecule is CCC1(CC)CN(c2cc(Cl)ccc2Cl)C(C(C)C)CN1. The van der Waals surface area contributed by atoms with Gasteiger partial charge in [-0.1, -0.05) is 50.9 Å². The second kappa shape index (κ2) is 6.76. The van der Waals surface area contributed by atoms with E-state index in [1.165, 1.54) is 0 Å². The van der Waals surface area contributed by atoms with Crippen LogP contribution in [0, 0.1) is 5.92 Å². The molecule has 1 aromatic rings. The van der Waals surface area contributed by atoms with Gasteiger partial charge in [-0.25, -0.2) is 0 Å². The van der Waals surface area contributed by atoms with Gasteiger partial charge in [0.1, 0.15) is 0 Å². The Kier molecular flexibility index (Phi) is 5.45. The quantitative estimate of drug-likeness (QED) is 0.837. The van der Waals surface area contributed by atoms with Crippen molar-refractivity contribution in [2.24, 2.45) is 5.92 Å². The highest BCUT2D eigenvalue weighted by Gasteiger charge is 2.38. The fourth-order valence-electron chi connectivity index (χ4n) is 3.22. The van der Waals surface area contributed by atoms with Crippen LogP contribution in [-0.4, -0.2) is 24.7 Å². The molecule has 4 heteroatoms. The van der Waals surface area contributed by atoms with Gasteiger partial charge >= 0.3 is 0 Å². The Hall–Kier alpha value is -0.440. The zero-order valence-corrected chi connectivity index (χ0v) is 14.9. The van der Waals surface area contributed by atoms with E-state index in [1.54, 1.807) is 0 Å². The van der Waals surface area contributed by atoms with Gasteiger partial charge in [-0.05, 0) is 37.0 Å². The van der Waals surface area contributed by atoms with Gasteiger partial charge in [-0.2, -0.15) is 0 Å². The topological polar surface area (TPSA) is 15.3 Å². The van der Waals surface area contributed by atoms with Crippen molar-refractivity contribution in [1.82, 2.24) is 5.32 Å². The standard InChI is InChI=1S/C17H26Cl2N2/c1-5-17(6-2)11-21(16(10-20-17)12(3)4)15-9-13(18)7-8-14(15)19/h7-9,12,16,20H,5-6,10-11H2,1-4H3. The molecular formula is C17H26Cl2N2. The van der Waals surface area contributed by atoms with Crippen LogP contribution in [0.15, 0.2) is 18.2 Å². The molecule has 0 aliphatic carbocycles. The van der Waals surface area contributed by atoms with Crippen LogP contribution >= 0.6 is 23.2 Å². The largest absolute Gasteiger partial charge is 0.364 e. The van der Waals surface area contributed by atoms with Gasteiger partial charge in [-0.15, -0.1) is 0 Å². The third-order valence-electron chi connectivity index (χ3n) is 4.90. The first-order chi connectivity index (χ1) is 9.92. The first kappa shape index (κ1) is 16.9. The molecule has 118 valence electrons. The molecular weight excluding hydrogens is 303 g/mol. The monoisotopic (exact) mass is 328 g/mol. The van der Waals surface area contributed by atoms with Crippen LogP contribution in [-0.2, 0) is 0 Å². The van der Waals surface area contributed by atoms with E-state index >= 15 is 0 Å². The number of rotatable bonds is 4.